The minimum absolute atomic E-state index is 0.0641. The molecule has 1 aliphatic heterocycles. The minimum atomic E-state index is -2.22. The Bertz CT molecular complexity index is 233. The van der Waals surface area contributed by atoms with Gasteiger partial charge in [0.15, 0.2) is 0 Å². The number of alkyl halides is 2. The number of nitrogens with one attached hydrogen (secondary N) is 1. The molecule has 0 radical (unpaired) electrons. The zero-order valence-corrected chi connectivity index (χ0v) is 10.2. The van der Waals surface area contributed by atoms with Crippen LogP contribution in [0.2, 0.25) is 0 Å². The fraction of sp³-hybridized carbons (Fsp3) is 0.833. The minimum Gasteiger partial charge on any atom is -0.389 e. The molecule has 1 fully saturated rings. The number of allylic oxidation sites excluding steroid dienone is 1. The molecule has 1 rings (SSSR count). The second-order valence-corrected chi connectivity index (χ2v) is 4.76. The van der Waals surface area contributed by atoms with E-state index in [4.69, 9.17) is 0 Å². The first-order valence-electron chi connectivity index (χ1n) is 5.91. The van der Waals surface area contributed by atoms with Crippen molar-refractivity contribution in [2.45, 2.75) is 33.1 Å². The third kappa shape index (κ3) is 3.44. The maximum atomic E-state index is 12.2. The van der Waals surface area contributed by atoms with Crippen molar-refractivity contribution in [1.82, 2.24) is 10.2 Å². The molecule has 2 nitrogen and oxygen atoms in total. The molecule has 1 N–H and O–H groups in total. The van der Waals surface area contributed by atoms with Crippen molar-refractivity contribution in [3.05, 3.63) is 12.3 Å². The van der Waals surface area contributed by atoms with Crippen LogP contribution in [-0.2, 0) is 0 Å². The van der Waals surface area contributed by atoms with E-state index < -0.39 is 6.43 Å². The molecule has 0 aromatic heterocycles. The zero-order chi connectivity index (χ0) is 12.2. The van der Waals surface area contributed by atoms with Gasteiger partial charge in [0.25, 0.3) is 6.43 Å². The van der Waals surface area contributed by atoms with Crippen LogP contribution in [0.3, 0.4) is 0 Å². The van der Waals surface area contributed by atoms with Crippen molar-refractivity contribution in [1.29, 1.82) is 0 Å². The topological polar surface area (TPSA) is 15.3 Å². The third-order valence-electron chi connectivity index (χ3n) is 3.47. The largest absolute Gasteiger partial charge is 0.389 e. The summed E-state index contributed by atoms with van der Waals surface area (Å²) in [6, 6.07) is 0. The van der Waals surface area contributed by atoms with E-state index >= 15 is 0 Å². The van der Waals surface area contributed by atoms with Gasteiger partial charge in [0.2, 0.25) is 0 Å². The van der Waals surface area contributed by atoms with Gasteiger partial charge >= 0.3 is 0 Å². The Balaban J connectivity index is 2.43. The number of halogens is 2. The molecule has 0 saturated carbocycles. The summed E-state index contributed by atoms with van der Waals surface area (Å²) in [5, 5.41) is 3.25. The molecule has 0 amide bonds. The Kier molecular flexibility index (Phi) is 4.71. The Morgan fingerprint density at radius 3 is 2.44 bits per heavy atom. The van der Waals surface area contributed by atoms with Gasteiger partial charge < -0.3 is 5.32 Å². The van der Waals surface area contributed by atoms with E-state index in [0.29, 0.717) is 0 Å². The van der Waals surface area contributed by atoms with Crippen LogP contribution < -0.4 is 5.32 Å². The molecule has 16 heavy (non-hydrogen) atoms. The molecule has 0 aromatic carbocycles. The van der Waals surface area contributed by atoms with Gasteiger partial charge in [0.05, 0.1) is 6.54 Å². The maximum Gasteiger partial charge on any atom is 0.251 e. The summed E-state index contributed by atoms with van der Waals surface area (Å²) in [4.78, 5) is 1.84. The lowest BCUT2D eigenvalue weighted by Gasteiger charge is -2.40. The van der Waals surface area contributed by atoms with Gasteiger partial charge in [-0.05, 0) is 32.9 Å². The highest BCUT2D eigenvalue weighted by molar-refractivity contribution is 5.08. The van der Waals surface area contributed by atoms with Gasteiger partial charge in [0.1, 0.15) is 0 Å². The summed E-state index contributed by atoms with van der Waals surface area (Å²) in [7, 11) is 0. The van der Waals surface area contributed by atoms with Crippen LogP contribution in [0, 0.1) is 5.41 Å². The molecule has 0 unspecified atom stereocenters. The monoisotopic (exact) mass is 232 g/mol. The first-order valence-corrected chi connectivity index (χ1v) is 5.91. The SMILES string of the molecule is C=C(NCC)C1(C)CCN(CC(F)F)CC1. The van der Waals surface area contributed by atoms with E-state index in [-0.39, 0.29) is 12.0 Å². The van der Waals surface area contributed by atoms with E-state index in [9.17, 15) is 8.78 Å². The van der Waals surface area contributed by atoms with Gasteiger partial charge in [-0.2, -0.15) is 0 Å². The summed E-state index contributed by atoms with van der Waals surface area (Å²) in [6.07, 6.45) is -0.404. The average Bonchev–Trinajstić information content (AvgIpc) is 2.21. The summed E-state index contributed by atoms with van der Waals surface area (Å²) < 4.78 is 24.4. The number of nitrogens with zero attached hydrogens (tertiary/aromatic N) is 1. The standard InChI is InChI=1S/C12H22F2N2/c1-4-15-10(2)12(3)5-7-16(8-6-12)9-11(13)14/h11,15H,2,4-9H2,1,3H3. The predicted molar refractivity (Wildman–Crippen MR) is 62.6 cm³/mol. The second kappa shape index (κ2) is 5.62. The Morgan fingerprint density at radius 2 is 2.00 bits per heavy atom. The Morgan fingerprint density at radius 1 is 1.44 bits per heavy atom. The van der Waals surface area contributed by atoms with E-state index in [1.54, 1.807) is 0 Å². The molecule has 0 aromatic rings. The number of hydrogen-bond donors (Lipinski definition) is 1. The van der Waals surface area contributed by atoms with E-state index in [2.05, 4.69) is 18.8 Å². The second-order valence-electron chi connectivity index (χ2n) is 4.76. The highest BCUT2D eigenvalue weighted by Gasteiger charge is 2.33. The van der Waals surface area contributed by atoms with Crippen molar-refractivity contribution in [2.24, 2.45) is 5.41 Å². The van der Waals surface area contributed by atoms with Crippen molar-refractivity contribution in [3.63, 3.8) is 0 Å². The van der Waals surface area contributed by atoms with Gasteiger partial charge in [-0.25, -0.2) is 8.78 Å². The van der Waals surface area contributed by atoms with Crippen LogP contribution >= 0.6 is 0 Å². The third-order valence-corrected chi connectivity index (χ3v) is 3.47. The fourth-order valence-electron chi connectivity index (χ4n) is 2.15. The molecule has 4 heteroatoms. The molecule has 1 aliphatic rings. The Labute approximate surface area is 96.7 Å². The average molecular weight is 232 g/mol. The molecular weight excluding hydrogens is 210 g/mol. The zero-order valence-electron chi connectivity index (χ0n) is 10.2. The molecule has 94 valence electrons. The summed E-state index contributed by atoms with van der Waals surface area (Å²) in [6.45, 7) is 10.5. The number of piperidine rings is 1. The molecular formula is C12H22F2N2. The number of likely N-dealkylation sites (tertiary alicyclic amines) is 1. The van der Waals surface area contributed by atoms with E-state index in [1.165, 1.54) is 0 Å². The molecule has 0 spiro atoms. The summed E-state index contributed by atoms with van der Waals surface area (Å²) >= 11 is 0. The lowest BCUT2D eigenvalue weighted by atomic mass is 9.78. The van der Waals surface area contributed by atoms with Crippen LogP contribution in [-0.4, -0.2) is 37.5 Å². The molecule has 0 atom stereocenters. The van der Waals surface area contributed by atoms with Crippen molar-refractivity contribution in [2.75, 3.05) is 26.2 Å². The van der Waals surface area contributed by atoms with Crippen LogP contribution in [0.15, 0.2) is 12.3 Å². The normalized spacial score (nSPS) is 21.1. The quantitative estimate of drug-likeness (QED) is 0.783. The Hall–Kier alpha value is -0.640. The predicted octanol–water partition coefficient (Wildman–Crippen LogP) is 2.48. The van der Waals surface area contributed by atoms with Crippen LogP contribution in [0.1, 0.15) is 26.7 Å². The molecule has 0 bridgehead atoms. The van der Waals surface area contributed by atoms with Crippen molar-refractivity contribution in [3.8, 4) is 0 Å². The van der Waals surface area contributed by atoms with Crippen LogP contribution in [0.5, 0.6) is 0 Å². The molecule has 0 aliphatic carbocycles. The first-order chi connectivity index (χ1) is 7.48. The lowest BCUT2D eigenvalue weighted by molar-refractivity contribution is 0.0566. The fourth-order valence-corrected chi connectivity index (χ4v) is 2.15. The highest BCUT2D eigenvalue weighted by atomic mass is 19.3. The summed E-state index contributed by atoms with van der Waals surface area (Å²) in [5.74, 6) is 0. The van der Waals surface area contributed by atoms with Gasteiger partial charge in [0, 0.05) is 17.7 Å². The lowest BCUT2D eigenvalue weighted by Crippen LogP contribution is -2.43. The molecule has 1 heterocycles. The van der Waals surface area contributed by atoms with Crippen molar-refractivity contribution >= 4 is 0 Å². The highest BCUT2D eigenvalue weighted by Crippen LogP contribution is 2.36. The van der Waals surface area contributed by atoms with Crippen molar-refractivity contribution < 1.29 is 8.78 Å². The molecule has 1 saturated heterocycles. The van der Waals surface area contributed by atoms with E-state index in [0.717, 1.165) is 38.2 Å². The number of hydrogen-bond acceptors (Lipinski definition) is 2. The summed E-state index contributed by atoms with van der Waals surface area (Å²) in [5.41, 5.74) is 1.11. The smallest absolute Gasteiger partial charge is 0.251 e. The van der Waals surface area contributed by atoms with E-state index in [1.807, 2.05) is 11.8 Å². The van der Waals surface area contributed by atoms with Gasteiger partial charge in [-0.3, -0.25) is 4.90 Å². The number of rotatable bonds is 5. The van der Waals surface area contributed by atoms with Crippen LogP contribution in [0.25, 0.3) is 0 Å². The van der Waals surface area contributed by atoms with Gasteiger partial charge in [-0.1, -0.05) is 13.5 Å². The van der Waals surface area contributed by atoms with Crippen LogP contribution in [0.4, 0.5) is 8.78 Å². The maximum absolute atomic E-state index is 12.2. The van der Waals surface area contributed by atoms with Gasteiger partial charge in [-0.15, -0.1) is 0 Å². The first kappa shape index (κ1) is 13.4.